The SMILES string of the molecule is CC(C)CCCOC(=O)C(C)(C)c1ccc(N)cc1. The number of nitrogens with two attached hydrogens (primary N) is 1. The Balaban J connectivity index is 2.56. The number of carbonyl (C=O) groups excluding carboxylic acids is 1. The number of anilines is 1. The van der Waals surface area contributed by atoms with Crippen LogP contribution in [-0.4, -0.2) is 12.6 Å². The molecule has 0 spiro atoms. The van der Waals surface area contributed by atoms with E-state index < -0.39 is 5.41 Å². The van der Waals surface area contributed by atoms with Crippen LogP contribution in [0.2, 0.25) is 0 Å². The number of hydrogen-bond acceptors (Lipinski definition) is 3. The predicted octanol–water partition coefficient (Wildman–Crippen LogP) is 3.53. The monoisotopic (exact) mass is 263 g/mol. The molecule has 19 heavy (non-hydrogen) atoms. The number of nitrogen functional groups attached to an aromatic ring is 1. The first-order valence-corrected chi connectivity index (χ1v) is 6.87. The van der Waals surface area contributed by atoms with E-state index in [4.69, 9.17) is 10.5 Å². The van der Waals surface area contributed by atoms with Crippen LogP contribution in [0, 0.1) is 5.92 Å². The van der Waals surface area contributed by atoms with Crippen molar-refractivity contribution in [3.8, 4) is 0 Å². The van der Waals surface area contributed by atoms with Crippen molar-refractivity contribution >= 4 is 11.7 Å². The zero-order valence-electron chi connectivity index (χ0n) is 12.4. The van der Waals surface area contributed by atoms with Gasteiger partial charge in [0.25, 0.3) is 0 Å². The largest absolute Gasteiger partial charge is 0.465 e. The topological polar surface area (TPSA) is 52.3 Å². The fraction of sp³-hybridized carbons (Fsp3) is 0.562. The van der Waals surface area contributed by atoms with Crippen LogP contribution < -0.4 is 5.73 Å². The van der Waals surface area contributed by atoms with E-state index in [-0.39, 0.29) is 5.97 Å². The van der Waals surface area contributed by atoms with E-state index in [1.54, 1.807) is 0 Å². The highest BCUT2D eigenvalue weighted by Crippen LogP contribution is 2.25. The van der Waals surface area contributed by atoms with E-state index in [1.165, 1.54) is 0 Å². The summed E-state index contributed by atoms with van der Waals surface area (Å²) < 4.78 is 5.37. The standard InChI is InChI=1S/C16H25NO2/c1-12(2)6-5-11-19-15(18)16(3,4)13-7-9-14(17)10-8-13/h7-10,12H,5-6,11,17H2,1-4H3. The normalized spacial score (nSPS) is 11.6. The summed E-state index contributed by atoms with van der Waals surface area (Å²) in [6.45, 7) is 8.59. The second kappa shape index (κ2) is 6.60. The predicted molar refractivity (Wildman–Crippen MR) is 78.9 cm³/mol. The van der Waals surface area contributed by atoms with Crippen LogP contribution >= 0.6 is 0 Å². The van der Waals surface area contributed by atoms with Crippen molar-refractivity contribution in [1.29, 1.82) is 0 Å². The molecule has 0 saturated heterocycles. The molecule has 0 radical (unpaired) electrons. The fourth-order valence-corrected chi connectivity index (χ4v) is 1.85. The van der Waals surface area contributed by atoms with Crippen molar-refractivity contribution in [3.05, 3.63) is 29.8 Å². The van der Waals surface area contributed by atoms with Gasteiger partial charge in [-0.1, -0.05) is 26.0 Å². The lowest BCUT2D eigenvalue weighted by atomic mass is 9.85. The molecule has 2 N–H and O–H groups in total. The van der Waals surface area contributed by atoms with Gasteiger partial charge in [-0.25, -0.2) is 0 Å². The van der Waals surface area contributed by atoms with Crippen LogP contribution in [0.3, 0.4) is 0 Å². The van der Waals surface area contributed by atoms with Gasteiger partial charge in [0.2, 0.25) is 0 Å². The van der Waals surface area contributed by atoms with Gasteiger partial charge in [-0.3, -0.25) is 4.79 Å². The molecule has 0 aliphatic carbocycles. The zero-order valence-corrected chi connectivity index (χ0v) is 12.4. The van der Waals surface area contributed by atoms with Crippen LogP contribution in [0.4, 0.5) is 5.69 Å². The third-order valence-corrected chi connectivity index (χ3v) is 3.30. The first-order chi connectivity index (χ1) is 8.84. The summed E-state index contributed by atoms with van der Waals surface area (Å²) in [7, 11) is 0. The molecular formula is C16H25NO2. The number of hydrogen-bond donors (Lipinski definition) is 1. The molecule has 0 fully saturated rings. The van der Waals surface area contributed by atoms with Gasteiger partial charge in [0.1, 0.15) is 0 Å². The van der Waals surface area contributed by atoms with Crippen molar-refractivity contribution in [2.45, 2.75) is 46.0 Å². The molecule has 1 aromatic carbocycles. The van der Waals surface area contributed by atoms with Crippen molar-refractivity contribution in [2.75, 3.05) is 12.3 Å². The Hall–Kier alpha value is -1.51. The Labute approximate surface area is 116 Å². The molecular weight excluding hydrogens is 238 g/mol. The summed E-state index contributed by atoms with van der Waals surface area (Å²) in [5, 5.41) is 0. The maximum atomic E-state index is 12.1. The number of rotatable bonds is 6. The first-order valence-electron chi connectivity index (χ1n) is 6.87. The maximum Gasteiger partial charge on any atom is 0.315 e. The van der Waals surface area contributed by atoms with Crippen molar-refractivity contribution < 1.29 is 9.53 Å². The lowest BCUT2D eigenvalue weighted by Gasteiger charge is -2.23. The maximum absolute atomic E-state index is 12.1. The Kier molecular flexibility index (Phi) is 5.40. The molecule has 0 heterocycles. The van der Waals surface area contributed by atoms with Crippen LogP contribution in [0.25, 0.3) is 0 Å². The molecule has 1 rings (SSSR count). The minimum atomic E-state index is -0.633. The van der Waals surface area contributed by atoms with Crippen LogP contribution in [0.15, 0.2) is 24.3 Å². The summed E-state index contributed by atoms with van der Waals surface area (Å²) in [4.78, 5) is 12.1. The van der Waals surface area contributed by atoms with Gasteiger partial charge < -0.3 is 10.5 Å². The Bertz CT molecular complexity index is 407. The highest BCUT2D eigenvalue weighted by atomic mass is 16.5. The van der Waals surface area contributed by atoms with Crippen LogP contribution in [-0.2, 0) is 14.9 Å². The van der Waals surface area contributed by atoms with Gasteiger partial charge >= 0.3 is 5.97 Å². The number of carbonyl (C=O) groups is 1. The van der Waals surface area contributed by atoms with Gasteiger partial charge in [-0.15, -0.1) is 0 Å². The van der Waals surface area contributed by atoms with Gasteiger partial charge in [-0.05, 0) is 50.3 Å². The van der Waals surface area contributed by atoms with Gasteiger partial charge in [0, 0.05) is 5.69 Å². The van der Waals surface area contributed by atoms with Crippen LogP contribution in [0.1, 0.15) is 46.1 Å². The Morgan fingerprint density at radius 3 is 2.37 bits per heavy atom. The third-order valence-electron chi connectivity index (χ3n) is 3.30. The fourth-order valence-electron chi connectivity index (χ4n) is 1.85. The average Bonchev–Trinajstić information content (AvgIpc) is 2.34. The van der Waals surface area contributed by atoms with Crippen molar-refractivity contribution in [2.24, 2.45) is 5.92 Å². The highest BCUT2D eigenvalue weighted by molar-refractivity contribution is 5.82. The lowest BCUT2D eigenvalue weighted by Crippen LogP contribution is -2.31. The molecule has 0 aromatic heterocycles. The molecule has 3 nitrogen and oxygen atoms in total. The van der Waals surface area contributed by atoms with Gasteiger partial charge in [-0.2, -0.15) is 0 Å². The number of esters is 1. The van der Waals surface area contributed by atoms with E-state index in [9.17, 15) is 4.79 Å². The number of benzene rings is 1. The molecule has 0 amide bonds. The van der Waals surface area contributed by atoms with Crippen molar-refractivity contribution in [1.82, 2.24) is 0 Å². The summed E-state index contributed by atoms with van der Waals surface area (Å²) in [6, 6.07) is 7.38. The summed E-state index contributed by atoms with van der Waals surface area (Å²) in [5.74, 6) is 0.463. The molecule has 106 valence electrons. The zero-order chi connectivity index (χ0) is 14.5. The first kappa shape index (κ1) is 15.5. The minimum absolute atomic E-state index is 0.180. The molecule has 0 bridgehead atoms. The highest BCUT2D eigenvalue weighted by Gasteiger charge is 2.31. The van der Waals surface area contributed by atoms with E-state index in [1.807, 2.05) is 38.1 Å². The lowest BCUT2D eigenvalue weighted by molar-refractivity contribution is -0.149. The van der Waals surface area contributed by atoms with E-state index >= 15 is 0 Å². The second-order valence-corrected chi connectivity index (χ2v) is 5.92. The molecule has 1 aromatic rings. The molecule has 0 atom stereocenters. The summed E-state index contributed by atoms with van der Waals surface area (Å²) in [5.41, 5.74) is 6.65. The van der Waals surface area contributed by atoms with E-state index in [2.05, 4.69) is 13.8 Å². The Morgan fingerprint density at radius 2 is 1.84 bits per heavy atom. The number of ether oxygens (including phenoxy) is 1. The summed E-state index contributed by atoms with van der Waals surface area (Å²) >= 11 is 0. The Morgan fingerprint density at radius 1 is 1.26 bits per heavy atom. The van der Waals surface area contributed by atoms with Gasteiger partial charge in [0.15, 0.2) is 0 Å². The summed E-state index contributed by atoms with van der Waals surface area (Å²) in [6.07, 6.45) is 2.00. The molecule has 0 aliphatic rings. The van der Waals surface area contributed by atoms with E-state index in [0.717, 1.165) is 18.4 Å². The smallest absolute Gasteiger partial charge is 0.315 e. The van der Waals surface area contributed by atoms with Gasteiger partial charge in [0.05, 0.1) is 12.0 Å². The molecule has 3 heteroatoms. The molecule has 0 saturated carbocycles. The third kappa shape index (κ3) is 4.58. The van der Waals surface area contributed by atoms with Crippen LogP contribution in [0.5, 0.6) is 0 Å². The van der Waals surface area contributed by atoms with Crippen molar-refractivity contribution in [3.63, 3.8) is 0 Å². The van der Waals surface area contributed by atoms with E-state index in [0.29, 0.717) is 18.2 Å². The second-order valence-electron chi connectivity index (χ2n) is 5.92. The minimum Gasteiger partial charge on any atom is -0.465 e. The average molecular weight is 263 g/mol. The molecule has 0 unspecified atom stereocenters. The quantitative estimate of drug-likeness (QED) is 0.485. The molecule has 0 aliphatic heterocycles.